The average Bonchev–Trinajstić information content (AvgIpc) is 2.52. The highest BCUT2D eigenvalue weighted by Gasteiger charge is 2.47. The van der Waals surface area contributed by atoms with Crippen LogP contribution in [-0.4, -0.2) is 54.8 Å². The quantitative estimate of drug-likeness (QED) is 0.643. The van der Waals surface area contributed by atoms with Crippen molar-refractivity contribution < 1.29 is 9.59 Å². The Bertz CT molecular complexity index is 306. The van der Waals surface area contributed by atoms with Gasteiger partial charge in [0.15, 0.2) is 0 Å². The molecule has 0 radical (unpaired) electrons. The van der Waals surface area contributed by atoms with Crippen molar-refractivity contribution in [2.75, 3.05) is 33.2 Å². The number of amides is 2. The fourth-order valence-electron chi connectivity index (χ4n) is 2.69. The van der Waals surface area contributed by atoms with E-state index in [-0.39, 0.29) is 23.7 Å². The van der Waals surface area contributed by atoms with Crippen LogP contribution in [0.5, 0.6) is 0 Å². The van der Waals surface area contributed by atoms with Crippen LogP contribution in [0.15, 0.2) is 0 Å². The molecule has 0 aromatic heterocycles. The van der Waals surface area contributed by atoms with Gasteiger partial charge in [0.05, 0.1) is 11.8 Å². The topological polar surface area (TPSA) is 66.6 Å². The Balaban J connectivity index is 1.99. The summed E-state index contributed by atoms with van der Waals surface area (Å²) >= 11 is 0. The maximum absolute atomic E-state index is 11.8. The Hall–Kier alpha value is -0.940. The second-order valence-corrected chi connectivity index (χ2v) is 4.68. The van der Waals surface area contributed by atoms with E-state index < -0.39 is 0 Å². The minimum Gasteiger partial charge on any atom is -0.330 e. The molecule has 2 aliphatic heterocycles. The number of fused-ring (bicyclic) bond motifs is 1. The molecular formula is C11H19N3O2. The summed E-state index contributed by atoms with van der Waals surface area (Å²) in [7, 11) is 1.59. The summed E-state index contributed by atoms with van der Waals surface area (Å²) in [6, 6.07) is 0. The zero-order chi connectivity index (χ0) is 11.7. The van der Waals surface area contributed by atoms with Crippen molar-refractivity contribution in [1.82, 2.24) is 9.80 Å². The van der Waals surface area contributed by atoms with Gasteiger partial charge in [0.1, 0.15) is 0 Å². The Kier molecular flexibility index (Phi) is 3.25. The van der Waals surface area contributed by atoms with Crippen LogP contribution in [0.3, 0.4) is 0 Å². The summed E-state index contributed by atoms with van der Waals surface area (Å²) in [6.07, 6.45) is 1.76. The lowest BCUT2D eigenvalue weighted by Gasteiger charge is -2.32. The zero-order valence-corrected chi connectivity index (χ0v) is 9.69. The number of piperidine rings is 1. The molecule has 0 saturated carbocycles. The van der Waals surface area contributed by atoms with Crippen molar-refractivity contribution in [3.63, 3.8) is 0 Å². The first-order chi connectivity index (χ1) is 7.65. The SMILES string of the molecule is CN1C(=O)[C@H]2CCN(CCCN)C[C@@H]2C1=O. The van der Waals surface area contributed by atoms with Crippen molar-refractivity contribution in [3.05, 3.63) is 0 Å². The van der Waals surface area contributed by atoms with E-state index in [2.05, 4.69) is 4.90 Å². The second-order valence-electron chi connectivity index (χ2n) is 4.68. The van der Waals surface area contributed by atoms with Crippen LogP contribution in [0.2, 0.25) is 0 Å². The Labute approximate surface area is 95.6 Å². The number of hydrogen-bond donors (Lipinski definition) is 1. The van der Waals surface area contributed by atoms with Gasteiger partial charge in [-0.2, -0.15) is 0 Å². The van der Waals surface area contributed by atoms with Gasteiger partial charge in [-0.25, -0.2) is 0 Å². The molecule has 2 atom stereocenters. The largest absolute Gasteiger partial charge is 0.330 e. The van der Waals surface area contributed by atoms with Gasteiger partial charge in [-0.15, -0.1) is 0 Å². The minimum atomic E-state index is -0.107. The molecule has 5 heteroatoms. The molecule has 2 amide bonds. The first-order valence-corrected chi connectivity index (χ1v) is 5.89. The molecule has 2 fully saturated rings. The maximum Gasteiger partial charge on any atom is 0.234 e. The van der Waals surface area contributed by atoms with Crippen LogP contribution < -0.4 is 5.73 Å². The van der Waals surface area contributed by atoms with Crippen molar-refractivity contribution in [3.8, 4) is 0 Å². The standard InChI is InChI=1S/C11H19N3O2/c1-13-10(15)8-3-6-14(5-2-4-12)7-9(8)11(13)16/h8-9H,2-7,12H2,1H3/t8-,9-/m0/s1. The molecule has 0 aromatic carbocycles. The highest BCUT2D eigenvalue weighted by Crippen LogP contribution is 2.32. The van der Waals surface area contributed by atoms with Gasteiger partial charge in [-0.05, 0) is 32.5 Å². The second kappa shape index (κ2) is 4.51. The zero-order valence-electron chi connectivity index (χ0n) is 9.69. The van der Waals surface area contributed by atoms with Crippen molar-refractivity contribution >= 4 is 11.8 Å². The van der Waals surface area contributed by atoms with Crippen LogP contribution in [0.25, 0.3) is 0 Å². The molecule has 90 valence electrons. The lowest BCUT2D eigenvalue weighted by atomic mass is 9.88. The third-order valence-electron chi connectivity index (χ3n) is 3.67. The molecule has 2 rings (SSSR count). The molecule has 2 aliphatic rings. The van der Waals surface area contributed by atoms with Gasteiger partial charge < -0.3 is 10.6 Å². The number of carbonyl (C=O) groups is 2. The number of carbonyl (C=O) groups excluding carboxylic acids is 2. The molecule has 0 aliphatic carbocycles. The first-order valence-electron chi connectivity index (χ1n) is 5.89. The van der Waals surface area contributed by atoms with Gasteiger partial charge in [0.2, 0.25) is 11.8 Å². The van der Waals surface area contributed by atoms with Crippen molar-refractivity contribution in [1.29, 1.82) is 0 Å². The van der Waals surface area contributed by atoms with Crippen LogP contribution in [0, 0.1) is 11.8 Å². The van der Waals surface area contributed by atoms with Crippen LogP contribution in [0.1, 0.15) is 12.8 Å². The van der Waals surface area contributed by atoms with Gasteiger partial charge in [-0.3, -0.25) is 14.5 Å². The van der Waals surface area contributed by atoms with Crippen molar-refractivity contribution in [2.45, 2.75) is 12.8 Å². The number of rotatable bonds is 3. The Morgan fingerprint density at radius 2 is 2.00 bits per heavy atom. The van der Waals surface area contributed by atoms with E-state index in [0.717, 1.165) is 32.5 Å². The van der Waals surface area contributed by atoms with E-state index in [9.17, 15) is 9.59 Å². The highest BCUT2D eigenvalue weighted by molar-refractivity contribution is 6.05. The molecule has 2 heterocycles. The molecular weight excluding hydrogens is 206 g/mol. The van der Waals surface area contributed by atoms with E-state index >= 15 is 0 Å². The minimum absolute atomic E-state index is 0.00699. The smallest absolute Gasteiger partial charge is 0.234 e. The van der Waals surface area contributed by atoms with Crippen molar-refractivity contribution in [2.24, 2.45) is 17.6 Å². The predicted octanol–water partition coefficient (Wildman–Crippen LogP) is -0.728. The van der Waals surface area contributed by atoms with E-state index in [1.165, 1.54) is 4.90 Å². The fraction of sp³-hybridized carbons (Fsp3) is 0.818. The Morgan fingerprint density at radius 1 is 1.31 bits per heavy atom. The predicted molar refractivity (Wildman–Crippen MR) is 59.5 cm³/mol. The summed E-state index contributed by atoms with van der Waals surface area (Å²) in [4.78, 5) is 27.1. The van der Waals surface area contributed by atoms with E-state index in [1.54, 1.807) is 7.05 Å². The van der Waals surface area contributed by atoms with Gasteiger partial charge in [0, 0.05) is 13.6 Å². The molecule has 0 aromatic rings. The van der Waals surface area contributed by atoms with E-state index in [4.69, 9.17) is 5.73 Å². The molecule has 2 saturated heterocycles. The summed E-state index contributed by atoms with van der Waals surface area (Å²) < 4.78 is 0. The summed E-state index contributed by atoms with van der Waals surface area (Å²) in [5.74, 6) is -0.170. The summed E-state index contributed by atoms with van der Waals surface area (Å²) in [6.45, 7) is 3.25. The average molecular weight is 225 g/mol. The van der Waals surface area contributed by atoms with Crippen LogP contribution in [-0.2, 0) is 9.59 Å². The van der Waals surface area contributed by atoms with Gasteiger partial charge in [0.25, 0.3) is 0 Å². The lowest BCUT2D eigenvalue weighted by Crippen LogP contribution is -2.42. The molecule has 0 bridgehead atoms. The van der Waals surface area contributed by atoms with Gasteiger partial charge in [-0.1, -0.05) is 0 Å². The first kappa shape index (κ1) is 11.5. The van der Waals surface area contributed by atoms with E-state index in [0.29, 0.717) is 6.54 Å². The van der Waals surface area contributed by atoms with Crippen LogP contribution in [0.4, 0.5) is 0 Å². The molecule has 0 unspecified atom stereocenters. The molecule has 16 heavy (non-hydrogen) atoms. The third kappa shape index (κ3) is 1.85. The fourth-order valence-corrected chi connectivity index (χ4v) is 2.69. The number of nitrogens with zero attached hydrogens (tertiary/aromatic N) is 2. The number of imide groups is 1. The summed E-state index contributed by atoms with van der Waals surface area (Å²) in [5.41, 5.74) is 5.47. The highest BCUT2D eigenvalue weighted by atomic mass is 16.2. The lowest BCUT2D eigenvalue weighted by molar-refractivity contribution is -0.138. The van der Waals surface area contributed by atoms with E-state index in [1.807, 2.05) is 0 Å². The monoisotopic (exact) mass is 225 g/mol. The number of nitrogens with two attached hydrogens (primary N) is 1. The number of likely N-dealkylation sites (tertiary alicyclic amines) is 2. The van der Waals surface area contributed by atoms with Crippen LogP contribution >= 0.6 is 0 Å². The molecule has 2 N–H and O–H groups in total. The molecule has 0 spiro atoms. The Morgan fingerprint density at radius 3 is 2.69 bits per heavy atom. The summed E-state index contributed by atoms with van der Waals surface area (Å²) in [5, 5.41) is 0. The molecule has 5 nitrogen and oxygen atoms in total. The number of hydrogen-bond acceptors (Lipinski definition) is 4. The van der Waals surface area contributed by atoms with Gasteiger partial charge >= 0.3 is 0 Å². The maximum atomic E-state index is 11.8. The third-order valence-corrected chi connectivity index (χ3v) is 3.67. The normalized spacial score (nSPS) is 31.0.